The predicted octanol–water partition coefficient (Wildman–Crippen LogP) is 1.07. The lowest BCUT2D eigenvalue weighted by molar-refractivity contribution is -0.214. The van der Waals surface area contributed by atoms with Crippen molar-refractivity contribution < 1.29 is 18.0 Å². The highest BCUT2D eigenvalue weighted by Crippen LogP contribution is 2.44. The predicted molar refractivity (Wildman–Crippen MR) is 57.9 cm³/mol. The van der Waals surface area contributed by atoms with Gasteiger partial charge in [-0.2, -0.15) is 18.3 Å². The van der Waals surface area contributed by atoms with Crippen molar-refractivity contribution in [2.24, 2.45) is 12.5 Å². The second-order valence-electron chi connectivity index (χ2n) is 4.63. The van der Waals surface area contributed by atoms with E-state index in [1.807, 2.05) is 0 Å². The first-order chi connectivity index (χ1) is 8.35. The van der Waals surface area contributed by atoms with Gasteiger partial charge in [-0.05, 0) is 18.5 Å². The maximum Gasteiger partial charge on any atom is 0.402 e. The van der Waals surface area contributed by atoms with E-state index < -0.39 is 17.4 Å². The topological polar surface area (TPSA) is 46.9 Å². The molecule has 0 saturated carbocycles. The third-order valence-corrected chi connectivity index (χ3v) is 3.35. The van der Waals surface area contributed by atoms with Crippen LogP contribution in [0.25, 0.3) is 0 Å². The van der Waals surface area contributed by atoms with Crippen LogP contribution in [-0.2, 0) is 18.3 Å². The molecule has 0 bridgehead atoms. The molecule has 1 aliphatic rings. The molecular formula is C11H14F3N3O. The number of alkyl halides is 3. The lowest BCUT2D eigenvalue weighted by atomic mass is 9.79. The molecule has 1 saturated heterocycles. The monoisotopic (exact) mass is 261 g/mol. The summed E-state index contributed by atoms with van der Waals surface area (Å²) in [5.74, 6) is -0.784. The molecule has 4 nitrogen and oxygen atoms in total. The summed E-state index contributed by atoms with van der Waals surface area (Å²) in [5.41, 5.74) is -1.72. The van der Waals surface area contributed by atoms with E-state index in [0.717, 1.165) is 0 Å². The van der Waals surface area contributed by atoms with Crippen molar-refractivity contribution >= 4 is 5.78 Å². The number of hydrogen-bond acceptors (Lipinski definition) is 3. The molecule has 1 aromatic rings. The van der Waals surface area contributed by atoms with Crippen molar-refractivity contribution in [3.8, 4) is 0 Å². The number of carbonyl (C=O) groups excluding carboxylic acids is 1. The first kappa shape index (κ1) is 13.1. The number of halogens is 3. The normalized spacial score (nSPS) is 24.4. The van der Waals surface area contributed by atoms with Crippen LogP contribution in [0.2, 0.25) is 0 Å². The minimum Gasteiger partial charge on any atom is -0.315 e. The van der Waals surface area contributed by atoms with Crippen molar-refractivity contribution in [2.45, 2.75) is 19.0 Å². The van der Waals surface area contributed by atoms with Crippen LogP contribution in [0.15, 0.2) is 12.4 Å². The van der Waals surface area contributed by atoms with E-state index in [2.05, 4.69) is 10.4 Å². The van der Waals surface area contributed by atoms with Crippen molar-refractivity contribution in [2.75, 3.05) is 13.1 Å². The molecule has 0 amide bonds. The fourth-order valence-electron chi connectivity index (χ4n) is 2.25. The van der Waals surface area contributed by atoms with Gasteiger partial charge in [0.2, 0.25) is 0 Å². The van der Waals surface area contributed by atoms with Crippen LogP contribution < -0.4 is 5.32 Å². The quantitative estimate of drug-likeness (QED) is 0.885. The van der Waals surface area contributed by atoms with Crippen LogP contribution in [0, 0.1) is 5.41 Å². The number of nitrogens with one attached hydrogen (secondary N) is 1. The fraction of sp³-hybridized carbons (Fsp3) is 0.636. The Kier molecular flexibility index (Phi) is 3.18. The Balaban J connectivity index is 2.20. The molecule has 1 aliphatic heterocycles. The summed E-state index contributed by atoms with van der Waals surface area (Å²) >= 11 is 0. The standard InChI is InChI=1S/C11H14F3N3O/c1-17-6-8(5-16-17)4-9(18)10(11(12,13)14)2-3-15-7-10/h5-6,15H,2-4,7H2,1H3. The minimum absolute atomic E-state index is 0.185. The van der Waals surface area contributed by atoms with E-state index >= 15 is 0 Å². The SMILES string of the molecule is Cn1cc(CC(=O)C2(C(F)(F)F)CCNC2)cn1. The Hall–Kier alpha value is -1.37. The van der Waals surface area contributed by atoms with Crippen LogP contribution in [0.5, 0.6) is 0 Å². The average Bonchev–Trinajstić information content (AvgIpc) is 2.86. The molecule has 1 atom stereocenters. The number of carbonyl (C=O) groups is 1. The average molecular weight is 261 g/mol. The molecule has 0 aliphatic carbocycles. The third-order valence-electron chi connectivity index (χ3n) is 3.35. The molecule has 0 aromatic carbocycles. The lowest BCUT2D eigenvalue weighted by Crippen LogP contribution is -2.47. The second-order valence-corrected chi connectivity index (χ2v) is 4.63. The maximum atomic E-state index is 13.1. The van der Waals surface area contributed by atoms with E-state index in [0.29, 0.717) is 5.56 Å². The molecule has 1 N–H and O–H groups in total. The maximum absolute atomic E-state index is 13.1. The number of ketones is 1. The highest BCUT2D eigenvalue weighted by Gasteiger charge is 2.60. The van der Waals surface area contributed by atoms with Crippen LogP contribution in [0.4, 0.5) is 13.2 Å². The third kappa shape index (κ3) is 2.14. The molecule has 100 valence electrons. The van der Waals surface area contributed by atoms with Gasteiger partial charge in [0.15, 0.2) is 5.78 Å². The van der Waals surface area contributed by atoms with Crippen LogP contribution in [0.1, 0.15) is 12.0 Å². The van der Waals surface area contributed by atoms with E-state index in [4.69, 9.17) is 0 Å². The number of hydrogen-bond donors (Lipinski definition) is 1. The molecule has 1 aromatic heterocycles. The van der Waals surface area contributed by atoms with E-state index in [9.17, 15) is 18.0 Å². The number of aromatic nitrogens is 2. The molecule has 7 heteroatoms. The fourth-order valence-corrected chi connectivity index (χ4v) is 2.25. The summed E-state index contributed by atoms with van der Waals surface area (Å²) in [5, 5.41) is 6.48. The van der Waals surface area contributed by atoms with E-state index in [1.54, 1.807) is 13.2 Å². The first-order valence-electron chi connectivity index (χ1n) is 5.63. The minimum atomic E-state index is -4.50. The number of Topliss-reactive ketones (excluding diaryl/α,β-unsaturated/α-hetero) is 1. The van der Waals surface area contributed by atoms with Crippen LogP contribution >= 0.6 is 0 Å². The van der Waals surface area contributed by atoms with Gasteiger partial charge in [-0.1, -0.05) is 0 Å². The molecule has 1 fully saturated rings. The molecule has 0 spiro atoms. The van der Waals surface area contributed by atoms with Crippen molar-refractivity contribution in [1.29, 1.82) is 0 Å². The molecule has 2 heterocycles. The zero-order valence-electron chi connectivity index (χ0n) is 9.92. The van der Waals surface area contributed by atoms with Crippen molar-refractivity contribution in [3.63, 3.8) is 0 Å². The Bertz CT molecular complexity index is 447. The van der Waals surface area contributed by atoms with E-state index in [1.165, 1.54) is 10.9 Å². The van der Waals surface area contributed by atoms with Gasteiger partial charge in [0.05, 0.1) is 6.20 Å². The van der Waals surface area contributed by atoms with Crippen molar-refractivity contribution in [3.05, 3.63) is 18.0 Å². The largest absolute Gasteiger partial charge is 0.402 e. The molecule has 1 unspecified atom stereocenters. The van der Waals surface area contributed by atoms with Gasteiger partial charge in [0.1, 0.15) is 5.41 Å². The van der Waals surface area contributed by atoms with Gasteiger partial charge >= 0.3 is 6.18 Å². The van der Waals surface area contributed by atoms with Gasteiger partial charge in [0.25, 0.3) is 0 Å². The first-order valence-corrected chi connectivity index (χ1v) is 5.63. The van der Waals surface area contributed by atoms with Crippen LogP contribution in [0.3, 0.4) is 0 Å². The summed E-state index contributed by atoms with van der Waals surface area (Å²) in [7, 11) is 1.66. The smallest absolute Gasteiger partial charge is 0.315 e. The summed E-state index contributed by atoms with van der Waals surface area (Å²) in [6.45, 7) is -0.103. The Morgan fingerprint density at radius 1 is 1.61 bits per heavy atom. The number of rotatable bonds is 3. The summed E-state index contributed by atoms with van der Waals surface area (Å²) in [4.78, 5) is 12.0. The summed E-state index contributed by atoms with van der Waals surface area (Å²) in [6, 6.07) is 0. The second kappa shape index (κ2) is 4.38. The summed E-state index contributed by atoms with van der Waals surface area (Å²) in [6.07, 6.45) is -1.94. The Morgan fingerprint density at radius 3 is 2.78 bits per heavy atom. The van der Waals surface area contributed by atoms with Gasteiger partial charge in [-0.15, -0.1) is 0 Å². The Labute approximate surface area is 102 Å². The Morgan fingerprint density at radius 2 is 2.33 bits per heavy atom. The van der Waals surface area contributed by atoms with Crippen LogP contribution in [-0.4, -0.2) is 34.8 Å². The zero-order valence-corrected chi connectivity index (χ0v) is 9.92. The summed E-state index contributed by atoms with van der Waals surface area (Å²) < 4.78 is 40.7. The molecule has 18 heavy (non-hydrogen) atoms. The molecule has 2 rings (SSSR count). The zero-order chi connectivity index (χ0) is 13.4. The number of nitrogens with zero attached hydrogens (tertiary/aromatic N) is 2. The lowest BCUT2D eigenvalue weighted by Gasteiger charge is -2.29. The number of aryl methyl sites for hydroxylation is 1. The molecule has 0 radical (unpaired) electrons. The van der Waals surface area contributed by atoms with Crippen molar-refractivity contribution in [1.82, 2.24) is 15.1 Å². The molecular weight excluding hydrogens is 247 g/mol. The van der Waals surface area contributed by atoms with Gasteiger partial charge in [-0.25, -0.2) is 0 Å². The van der Waals surface area contributed by atoms with Gasteiger partial charge < -0.3 is 5.32 Å². The van der Waals surface area contributed by atoms with Gasteiger partial charge in [-0.3, -0.25) is 9.48 Å². The highest BCUT2D eigenvalue weighted by atomic mass is 19.4. The van der Waals surface area contributed by atoms with E-state index in [-0.39, 0.29) is 25.9 Å². The highest BCUT2D eigenvalue weighted by molar-refractivity contribution is 5.88. The van der Waals surface area contributed by atoms with Gasteiger partial charge in [0, 0.05) is 26.2 Å².